The third-order valence-corrected chi connectivity index (χ3v) is 7.62. The summed E-state index contributed by atoms with van der Waals surface area (Å²) < 4.78 is 0. The summed E-state index contributed by atoms with van der Waals surface area (Å²) in [6.45, 7) is 0. The Morgan fingerprint density at radius 3 is 1.33 bits per heavy atom. The van der Waals surface area contributed by atoms with E-state index in [1.54, 1.807) is 0 Å². The first-order valence-corrected chi connectivity index (χ1v) is 14.0. The maximum atomic E-state index is 5.23. The zero-order valence-electron chi connectivity index (χ0n) is 23.0. The molecule has 8 bridgehead atoms. The largest absolute Gasteiger partial charge is 0.657 e. The van der Waals surface area contributed by atoms with Crippen LogP contribution in [0.15, 0.2) is 121 Å². The number of hydrogen-bond acceptors (Lipinski definition) is 2. The Morgan fingerprint density at radius 1 is 0.395 bits per heavy atom. The van der Waals surface area contributed by atoms with Gasteiger partial charge in [0.05, 0.1) is 22.8 Å². The van der Waals surface area contributed by atoms with Gasteiger partial charge in [-0.05, 0) is 57.7 Å². The minimum Gasteiger partial charge on any atom is -0.657 e. The fourth-order valence-corrected chi connectivity index (χ4v) is 5.72. The molecule has 0 aliphatic carbocycles. The third kappa shape index (κ3) is 4.95. The molecule has 3 aromatic carbocycles. The molecular weight excluding hydrogens is 568 g/mol. The zero-order chi connectivity index (χ0) is 27.9. The number of fused-ring (bicyclic) bond motifs is 8. The van der Waals surface area contributed by atoms with Crippen molar-refractivity contribution in [1.82, 2.24) is 19.9 Å². The molecule has 8 rings (SSSR count). The number of rotatable bonds is 3. The van der Waals surface area contributed by atoms with Gasteiger partial charge in [-0.3, -0.25) is 0 Å². The van der Waals surface area contributed by atoms with Crippen molar-refractivity contribution in [3.63, 3.8) is 0 Å². The number of nitrogens with zero attached hydrogens (tertiary/aromatic N) is 4. The van der Waals surface area contributed by atoms with E-state index in [1.165, 1.54) is 0 Å². The summed E-state index contributed by atoms with van der Waals surface area (Å²) in [6, 6.07) is 41.4. The van der Waals surface area contributed by atoms with E-state index in [1.807, 2.05) is 60.7 Å². The Morgan fingerprint density at radius 2 is 0.814 bits per heavy atom. The molecule has 2 aliphatic heterocycles. The van der Waals surface area contributed by atoms with E-state index >= 15 is 0 Å². The van der Waals surface area contributed by atoms with Gasteiger partial charge in [-0.2, -0.15) is 0 Å². The summed E-state index contributed by atoms with van der Waals surface area (Å²) >= 11 is 0. The molecule has 0 atom stereocenters. The van der Waals surface area contributed by atoms with E-state index in [9.17, 15) is 0 Å². The normalized spacial score (nSPS) is 11.8. The first-order chi connectivity index (χ1) is 20.8. The SMILES string of the molecule is C1=Cc2nc1cc1ccc([n-]1)c(-c1ccccc1)c1nc(c(-c3ccccc3)c3ccc([n-]3)c2-c2ccccc2)C=C1.[Fe]. The molecule has 5 heteroatoms. The first-order valence-electron chi connectivity index (χ1n) is 14.0. The summed E-state index contributed by atoms with van der Waals surface area (Å²) in [5.41, 5.74) is 13.1. The molecule has 3 aromatic heterocycles. The Balaban J connectivity index is 0.00000300. The fraction of sp³-hybridized carbons (Fsp3) is 0. The molecule has 0 unspecified atom stereocenters. The molecule has 0 saturated carbocycles. The zero-order valence-corrected chi connectivity index (χ0v) is 24.1. The predicted molar refractivity (Wildman–Crippen MR) is 173 cm³/mol. The van der Waals surface area contributed by atoms with Crippen LogP contribution in [0.4, 0.5) is 0 Å². The molecule has 0 radical (unpaired) electrons. The second-order valence-corrected chi connectivity index (χ2v) is 10.3. The standard InChI is InChI=1S/C38H24N4.Fe/c1-4-10-25(11-5-1)36-30-18-16-28(39-30)24-29-17-19-31(40-29)37(26-12-6-2-7-13-26)33-21-23-35(42-33)38(27-14-8-3-9-15-27)34-22-20-32(36)41-34;/h1-24H;/q-2;. The average molecular weight is 592 g/mol. The summed E-state index contributed by atoms with van der Waals surface area (Å²) in [7, 11) is 0. The van der Waals surface area contributed by atoms with Crippen molar-refractivity contribution in [2.75, 3.05) is 0 Å². The van der Waals surface area contributed by atoms with Crippen LogP contribution in [0.25, 0.3) is 79.8 Å². The Hall–Kier alpha value is -5.22. The number of benzene rings is 3. The van der Waals surface area contributed by atoms with Gasteiger partial charge in [0, 0.05) is 17.1 Å². The van der Waals surface area contributed by atoms with Gasteiger partial charge in [0.25, 0.3) is 0 Å². The molecule has 0 fully saturated rings. The van der Waals surface area contributed by atoms with Crippen LogP contribution in [0.1, 0.15) is 22.8 Å². The van der Waals surface area contributed by atoms with Gasteiger partial charge < -0.3 is 9.97 Å². The van der Waals surface area contributed by atoms with Crippen molar-refractivity contribution >= 4 is 46.4 Å². The molecular formula is C38H24FeN4-2. The molecule has 0 amide bonds. The molecule has 5 heterocycles. The fourth-order valence-electron chi connectivity index (χ4n) is 5.72. The van der Waals surface area contributed by atoms with Crippen molar-refractivity contribution in [2.24, 2.45) is 0 Å². The summed E-state index contributed by atoms with van der Waals surface area (Å²) in [4.78, 5) is 20.5. The van der Waals surface area contributed by atoms with Gasteiger partial charge in [-0.15, -0.1) is 22.1 Å². The monoisotopic (exact) mass is 592 g/mol. The Kier molecular flexibility index (Phi) is 6.96. The van der Waals surface area contributed by atoms with Crippen LogP contribution in [0.5, 0.6) is 0 Å². The minimum atomic E-state index is 0. The predicted octanol–water partition coefficient (Wildman–Crippen LogP) is 8.91. The van der Waals surface area contributed by atoms with Gasteiger partial charge in [0.2, 0.25) is 0 Å². The molecule has 43 heavy (non-hydrogen) atoms. The smallest absolute Gasteiger partial charge is 0.0704 e. The Labute approximate surface area is 260 Å². The number of hydrogen-bond donors (Lipinski definition) is 0. The number of aromatic nitrogens is 4. The van der Waals surface area contributed by atoms with Crippen LogP contribution in [-0.4, -0.2) is 9.97 Å². The van der Waals surface area contributed by atoms with Crippen molar-refractivity contribution in [1.29, 1.82) is 0 Å². The van der Waals surface area contributed by atoms with Crippen LogP contribution < -0.4 is 9.97 Å². The molecule has 4 nitrogen and oxygen atoms in total. The van der Waals surface area contributed by atoms with Crippen LogP contribution in [0.3, 0.4) is 0 Å². The van der Waals surface area contributed by atoms with Gasteiger partial charge in [-0.1, -0.05) is 121 Å². The van der Waals surface area contributed by atoms with Crippen molar-refractivity contribution in [3.05, 3.63) is 144 Å². The van der Waals surface area contributed by atoms with Gasteiger partial charge >= 0.3 is 0 Å². The quantitative estimate of drug-likeness (QED) is 0.192. The second kappa shape index (κ2) is 11.2. The van der Waals surface area contributed by atoms with Crippen LogP contribution in [0, 0.1) is 0 Å². The second-order valence-electron chi connectivity index (χ2n) is 10.3. The van der Waals surface area contributed by atoms with E-state index in [2.05, 4.69) is 85.0 Å². The van der Waals surface area contributed by atoms with E-state index in [4.69, 9.17) is 19.9 Å². The maximum Gasteiger partial charge on any atom is 0.0704 e. The summed E-state index contributed by atoms with van der Waals surface area (Å²) in [6.07, 6.45) is 8.29. The van der Waals surface area contributed by atoms with Crippen molar-refractivity contribution in [2.45, 2.75) is 0 Å². The molecule has 0 N–H and O–H groups in total. The average Bonchev–Trinajstić information content (AvgIpc) is 3.86. The van der Waals surface area contributed by atoms with Gasteiger partial charge in [0.1, 0.15) is 0 Å². The van der Waals surface area contributed by atoms with E-state index in [0.29, 0.717) is 0 Å². The van der Waals surface area contributed by atoms with Crippen LogP contribution in [0.2, 0.25) is 0 Å². The molecule has 2 aliphatic rings. The molecule has 6 aromatic rings. The van der Waals surface area contributed by atoms with E-state index in [-0.39, 0.29) is 17.1 Å². The summed E-state index contributed by atoms with van der Waals surface area (Å²) in [5, 5.41) is 0. The van der Waals surface area contributed by atoms with Gasteiger partial charge in [-0.25, -0.2) is 9.97 Å². The van der Waals surface area contributed by atoms with Crippen LogP contribution in [-0.2, 0) is 17.1 Å². The minimum absolute atomic E-state index is 0. The topological polar surface area (TPSA) is 54.0 Å². The third-order valence-electron chi connectivity index (χ3n) is 7.62. The van der Waals surface area contributed by atoms with Crippen molar-refractivity contribution < 1.29 is 17.1 Å². The molecule has 206 valence electrons. The molecule has 0 saturated heterocycles. The maximum absolute atomic E-state index is 5.23. The Bertz CT molecular complexity index is 2140. The van der Waals surface area contributed by atoms with Crippen molar-refractivity contribution in [3.8, 4) is 33.4 Å². The first kappa shape index (κ1) is 26.7. The van der Waals surface area contributed by atoms with E-state index < -0.39 is 0 Å². The molecule has 0 spiro atoms. The van der Waals surface area contributed by atoms with Crippen LogP contribution >= 0.6 is 0 Å². The summed E-state index contributed by atoms with van der Waals surface area (Å²) in [5.74, 6) is 0. The van der Waals surface area contributed by atoms with Gasteiger partial charge in [0.15, 0.2) is 0 Å². The van der Waals surface area contributed by atoms with E-state index in [0.717, 1.165) is 78.2 Å².